The second-order valence-corrected chi connectivity index (χ2v) is 8.29. The lowest BCUT2D eigenvalue weighted by Crippen LogP contribution is -2.02. The van der Waals surface area contributed by atoms with Gasteiger partial charge in [-0.2, -0.15) is 16.8 Å². The maximum absolute atomic E-state index is 11.1. The van der Waals surface area contributed by atoms with Crippen LogP contribution < -0.4 is 0 Å². The molecular formula is C16H20O6S2. The summed E-state index contributed by atoms with van der Waals surface area (Å²) in [5, 5.41) is 0. The van der Waals surface area contributed by atoms with Gasteiger partial charge < -0.3 is 0 Å². The Morgan fingerprint density at radius 2 is 0.833 bits per heavy atom. The summed E-state index contributed by atoms with van der Waals surface area (Å²) < 4.78 is 53.0. The van der Waals surface area contributed by atoms with Gasteiger partial charge in [0.25, 0.3) is 20.2 Å². The van der Waals surface area contributed by atoms with E-state index in [0.717, 1.165) is 25.3 Å². The average molecular weight is 372 g/mol. The normalized spacial score (nSPS) is 11.5. The molecule has 2 aromatic rings. The molecular weight excluding hydrogens is 352 g/mol. The predicted molar refractivity (Wildman–Crippen MR) is 90.7 cm³/mol. The van der Waals surface area contributed by atoms with Crippen LogP contribution >= 0.6 is 0 Å². The molecule has 0 radical (unpaired) electrons. The van der Waals surface area contributed by atoms with Crippen LogP contribution in [0.2, 0.25) is 0 Å². The Labute approximate surface area is 143 Å². The van der Waals surface area contributed by atoms with Gasteiger partial charge in [0.05, 0.1) is 24.0 Å². The fraction of sp³-hybridized carbons (Fsp3) is 0.250. The Kier molecular flexibility index (Phi) is 7.09. The van der Waals surface area contributed by atoms with Crippen LogP contribution in [0.15, 0.2) is 58.3 Å². The summed E-state index contributed by atoms with van der Waals surface area (Å²) in [5.41, 5.74) is 2.04. The van der Waals surface area contributed by atoms with Crippen molar-refractivity contribution in [1.29, 1.82) is 0 Å². The standard InChI is InChI=1S/2C8H10O3S/c2*1-7-3-5-8(6-4-7)12(9,10)11-2/h2*3-6H,1-2H3. The third-order valence-electron chi connectivity index (χ3n) is 3.06. The van der Waals surface area contributed by atoms with Crippen LogP contribution in [0.1, 0.15) is 11.1 Å². The Balaban J connectivity index is 0.000000240. The van der Waals surface area contributed by atoms with Crippen molar-refractivity contribution >= 4 is 20.2 Å². The fourth-order valence-corrected chi connectivity index (χ4v) is 2.93. The van der Waals surface area contributed by atoms with E-state index in [4.69, 9.17) is 0 Å². The van der Waals surface area contributed by atoms with Gasteiger partial charge in [-0.25, -0.2) is 0 Å². The molecule has 0 saturated carbocycles. The first-order valence-electron chi connectivity index (χ1n) is 6.87. The van der Waals surface area contributed by atoms with Gasteiger partial charge >= 0.3 is 0 Å². The summed E-state index contributed by atoms with van der Waals surface area (Å²) in [6.45, 7) is 3.78. The average Bonchev–Trinajstić information content (AvgIpc) is 2.56. The van der Waals surface area contributed by atoms with Crippen LogP contribution in [0.3, 0.4) is 0 Å². The first-order valence-corrected chi connectivity index (χ1v) is 9.68. The van der Waals surface area contributed by atoms with Crippen molar-refractivity contribution in [3.8, 4) is 0 Å². The molecule has 8 heteroatoms. The predicted octanol–water partition coefficient (Wildman–Crippen LogP) is 2.66. The van der Waals surface area contributed by atoms with E-state index in [1.807, 2.05) is 13.8 Å². The summed E-state index contributed by atoms with van der Waals surface area (Å²) >= 11 is 0. The van der Waals surface area contributed by atoms with E-state index >= 15 is 0 Å². The molecule has 24 heavy (non-hydrogen) atoms. The van der Waals surface area contributed by atoms with Crippen molar-refractivity contribution < 1.29 is 25.2 Å². The highest BCUT2D eigenvalue weighted by atomic mass is 32.2. The van der Waals surface area contributed by atoms with Gasteiger partial charge in [-0.3, -0.25) is 8.37 Å². The van der Waals surface area contributed by atoms with Gasteiger partial charge in [-0.1, -0.05) is 35.4 Å². The number of hydrogen-bond donors (Lipinski definition) is 0. The zero-order valence-electron chi connectivity index (χ0n) is 13.9. The SMILES string of the molecule is COS(=O)(=O)c1ccc(C)cc1.COS(=O)(=O)c1ccc(C)cc1. The molecule has 0 unspecified atom stereocenters. The lowest BCUT2D eigenvalue weighted by molar-refractivity contribution is 0.396. The summed E-state index contributed by atoms with van der Waals surface area (Å²) in [7, 11) is -4.73. The minimum absolute atomic E-state index is 0.190. The number of aryl methyl sites for hydroxylation is 2. The first-order chi connectivity index (χ1) is 11.1. The molecule has 0 aromatic heterocycles. The summed E-state index contributed by atoms with van der Waals surface area (Å²) in [6, 6.07) is 13.0. The molecule has 0 atom stereocenters. The number of rotatable bonds is 4. The van der Waals surface area contributed by atoms with Gasteiger partial charge in [0.2, 0.25) is 0 Å². The number of benzene rings is 2. The van der Waals surface area contributed by atoms with Crippen LogP contribution in [-0.2, 0) is 28.6 Å². The van der Waals surface area contributed by atoms with Crippen molar-refractivity contribution in [2.75, 3.05) is 14.2 Å². The Hall–Kier alpha value is -1.74. The van der Waals surface area contributed by atoms with Gasteiger partial charge in [-0.05, 0) is 38.1 Å². The molecule has 132 valence electrons. The Bertz CT molecular complexity index is 776. The second kappa shape index (κ2) is 8.39. The molecule has 6 nitrogen and oxygen atoms in total. The monoisotopic (exact) mass is 372 g/mol. The zero-order chi connectivity index (χ0) is 18.4. The molecule has 0 saturated heterocycles. The molecule has 0 heterocycles. The smallest absolute Gasteiger partial charge is 0.270 e. The van der Waals surface area contributed by atoms with Crippen molar-refractivity contribution in [2.24, 2.45) is 0 Å². The lowest BCUT2D eigenvalue weighted by atomic mass is 10.2. The van der Waals surface area contributed by atoms with Gasteiger partial charge in [0, 0.05) is 0 Å². The van der Waals surface area contributed by atoms with Crippen molar-refractivity contribution in [2.45, 2.75) is 23.6 Å². The molecule has 0 bridgehead atoms. The maximum Gasteiger partial charge on any atom is 0.296 e. The van der Waals surface area contributed by atoms with E-state index in [2.05, 4.69) is 8.37 Å². The lowest BCUT2D eigenvalue weighted by Gasteiger charge is -2.00. The highest BCUT2D eigenvalue weighted by Crippen LogP contribution is 2.12. The second-order valence-electron chi connectivity index (χ2n) is 4.87. The van der Waals surface area contributed by atoms with Crippen molar-refractivity contribution in [1.82, 2.24) is 0 Å². The Morgan fingerprint density at radius 3 is 1.04 bits per heavy atom. The highest BCUT2D eigenvalue weighted by molar-refractivity contribution is 7.87. The third-order valence-corrected chi connectivity index (χ3v) is 5.63. The minimum atomic E-state index is -3.51. The maximum atomic E-state index is 11.1. The summed E-state index contributed by atoms with van der Waals surface area (Å²) in [5.74, 6) is 0. The third kappa shape index (κ3) is 5.72. The quantitative estimate of drug-likeness (QED) is 0.767. The molecule has 2 aromatic carbocycles. The van der Waals surface area contributed by atoms with E-state index in [1.54, 1.807) is 24.3 Å². The molecule has 0 fully saturated rings. The van der Waals surface area contributed by atoms with Crippen molar-refractivity contribution in [3.05, 3.63) is 59.7 Å². The largest absolute Gasteiger partial charge is 0.296 e. The molecule has 0 aliphatic heterocycles. The summed E-state index contributed by atoms with van der Waals surface area (Å²) in [6.07, 6.45) is 0. The zero-order valence-corrected chi connectivity index (χ0v) is 15.5. The van der Waals surface area contributed by atoms with Crippen LogP contribution in [-0.4, -0.2) is 31.1 Å². The molecule has 0 spiro atoms. The number of hydrogen-bond acceptors (Lipinski definition) is 6. The molecule has 0 amide bonds. The molecule has 2 rings (SSSR count). The fourth-order valence-electron chi connectivity index (χ4n) is 1.60. The van der Waals surface area contributed by atoms with Crippen LogP contribution in [0.5, 0.6) is 0 Å². The van der Waals surface area contributed by atoms with E-state index in [-0.39, 0.29) is 9.79 Å². The van der Waals surface area contributed by atoms with Crippen LogP contribution in [0.4, 0.5) is 0 Å². The van der Waals surface area contributed by atoms with E-state index in [1.165, 1.54) is 24.3 Å². The van der Waals surface area contributed by atoms with Gasteiger partial charge in [-0.15, -0.1) is 0 Å². The molecule has 0 N–H and O–H groups in total. The van der Waals surface area contributed by atoms with E-state index in [0.29, 0.717) is 0 Å². The minimum Gasteiger partial charge on any atom is -0.270 e. The molecule has 0 aliphatic rings. The van der Waals surface area contributed by atoms with E-state index < -0.39 is 20.2 Å². The van der Waals surface area contributed by atoms with Crippen molar-refractivity contribution in [3.63, 3.8) is 0 Å². The van der Waals surface area contributed by atoms with Gasteiger partial charge in [0.1, 0.15) is 0 Å². The van der Waals surface area contributed by atoms with Crippen LogP contribution in [0.25, 0.3) is 0 Å². The van der Waals surface area contributed by atoms with E-state index in [9.17, 15) is 16.8 Å². The van der Waals surface area contributed by atoms with Crippen LogP contribution in [0, 0.1) is 13.8 Å². The highest BCUT2D eigenvalue weighted by Gasteiger charge is 2.11. The topological polar surface area (TPSA) is 86.7 Å². The Morgan fingerprint density at radius 1 is 0.583 bits per heavy atom. The molecule has 0 aliphatic carbocycles. The van der Waals surface area contributed by atoms with Gasteiger partial charge in [0.15, 0.2) is 0 Å². The summed E-state index contributed by atoms with van der Waals surface area (Å²) in [4.78, 5) is 0.381. The first kappa shape index (κ1) is 20.3.